The smallest absolute Gasteiger partial charge is 0.177 e. The summed E-state index contributed by atoms with van der Waals surface area (Å²) in [5.41, 5.74) is 0.934. The van der Waals surface area contributed by atoms with Crippen molar-refractivity contribution in [3.8, 4) is 0 Å². The third-order valence-corrected chi connectivity index (χ3v) is 2.50. The fourth-order valence-electron chi connectivity index (χ4n) is 1.11. The van der Waals surface area contributed by atoms with Crippen molar-refractivity contribution in [2.24, 2.45) is 4.99 Å². The molecule has 1 aliphatic heterocycles. The molecule has 0 spiro atoms. The molecule has 0 radical (unpaired) electrons. The van der Waals surface area contributed by atoms with Gasteiger partial charge in [0.05, 0.1) is 18.6 Å². The van der Waals surface area contributed by atoms with E-state index in [2.05, 4.69) is 4.99 Å². The van der Waals surface area contributed by atoms with Crippen molar-refractivity contribution in [1.82, 2.24) is 0 Å². The van der Waals surface area contributed by atoms with Crippen molar-refractivity contribution in [1.29, 1.82) is 5.41 Å². The molecule has 0 amide bonds. The normalized spacial score (nSPS) is 22.4. The van der Waals surface area contributed by atoms with Gasteiger partial charge in [-0.15, -0.1) is 0 Å². The minimum absolute atomic E-state index is 0.188. The fourth-order valence-corrected chi connectivity index (χ4v) is 1.76. The number of anilines is 1. The maximum atomic E-state index is 13.0. The zero-order chi connectivity index (χ0) is 9.26. The van der Waals surface area contributed by atoms with Crippen LogP contribution in [0.15, 0.2) is 21.8 Å². The van der Waals surface area contributed by atoms with Gasteiger partial charge in [0, 0.05) is 5.38 Å². The van der Waals surface area contributed by atoms with E-state index in [4.69, 9.17) is 5.41 Å². The van der Waals surface area contributed by atoms with Crippen LogP contribution < -0.4 is 4.90 Å². The first kappa shape index (κ1) is 8.37. The summed E-state index contributed by atoms with van der Waals surface area (Å²) >= 11 is 1.56. The van der Waals surface area contributed by atoms with Crippen molar-refractivity contribution in [3.63, 3.8) is 0 Å². The zero-order valence-corrected chi connectivity index (χ0v) is 7.59. The van der Waals surface area contributed by atoms with Crippen LogP contribution in [0.1, 0.15) is 0 Å². The third kappa shape index (κ3) is 1.60. The maximum Gasteiger partial charge on any atom is 0.177 e. The van der Waals surface area contributed by atoms with Crippen LogP contribution in [0.25, 0.3) is 0 Å². The van der Waals surface area contributed by atoms with E-state index >= 15 is 0 Å². The van der Waals surface area contributed by atoms with Gasteiger partial charge in [-0.3, -0.25) is 5.41 Å². The standard InChI is InChI=1S/C8H8FN3S/c9-7-3-12(5-11-8(7)10)6-1-2-13-4-6/h1-2,4-5,7,10H,3H2. The van der Waals surface area contributed by atoms with E-state index in [0.29, 0.717) is 0 Å². The molecule has 1 N–H and O–H groups in total. The highest BCUT2D eigenvalue weighted by atomic mass is 32.1. The van der Waals surface area contributed by atoms with Gasteiger partial charge in [0.1, 0.15) is 0 Å². The van der Waals surface area contributed by atoms with Gasteiger partial charge in [-0.25, -0.2) is 9.38 Å². The first-order valence-corrected chi connectivity index (χ1v) is 4.77. The number of alkyl halides is 1. The molecular weight excluding hydrogens is 189 g/mol. The minimum Gasteiger partial charge on any atom is -0.328 e. The topological polar surface area (TPSA) is 39.5 Å². The van der Waals surface area contributed by atoms with E-state index in [-0.39, 0.29) is 12.4 Å². The molecule has 0 fully saturated rings. The molecule has 13 heavy (non-hydrogen) atoms. The Morgan fingerprint density at radius 3 is 3.15 bits per heavy atom. The average Bonchev–Trinajstić information content (AvgIpc) is 2.62. The van der Waals surface area contributed by atoms with Gasteiger partial charge >= 0.3 is 0 Å². The van der Waals surface area contributed by atoms with Crippen molar-refractivity contribution in [2.45, 2.75) is 6.17 Å². The molecule has 3 nitrogen and oxygen atoms in total. The largest absolute Gasteiger partial charge is 0.328 e. The van der Waals surface area contributed by atoms with E-state index in [1.807, 2.05) is 16.8 Å². The molecule has 0 bridgehead atoms. The van der Waals surface area contributed by atoms with Gasteiger partial charge in [0.2, 0.25) is 0 Å². The van der Waals surface area contributed by atoms with E-state index in [1.165, 1.54) is 6.34 Å². The Morgan fingerprint density at radius 1 is 1.69 bits per heavy atom. The molecule has 0 aliphatic carbocycles. The van der Waals surface area contributed by atoms with Gasteiger partial charge in [0.15, 0.2) is 12.0 Å². The summed E-state index contributed by atoms with van der Waals surface area (Å²) < 4.78 is 13.0. The lowest BCUT2D eigenvalue weighted by molar-refractivity contribution is 0.425. The lowest BCUT2D eigenvalue weighted by Crippen LogP contribution is -2.37. The Balaban J connectivity index is 2.20. The Kier molecular flexibility index (Phi) is 2.10. The summed E-state index contributed by atoms with van der Waals surface area (Å²) in [6, 6.07) is 1.90. The Bertz CT molecular complexity index is 333. The quantitative estimate of drug-likeness (QED) is 0.734. The number of amidine groups is 1. The Hall–Kier alpha value is -1.23. The van der Waals surface area contributed by atoms with Crippen LogP contribution in [-0.4, -0.2) is 24.9 Å². The average molecular weight is 197 g/mol. The van der Waals surface area contributed by atoms with Gasteiger partial charge in [-0.2, -0.15) is 11.3 Å². The first-order chi connectivity index (χ1) is 6.27. The number of thiophene rings is 1. The predicted octanol–water partition coefficient (Wildman–Crippen LogP) is 1.91. The van der Waals surface area contributed by atoms with Crippen LogP contribution in [0.5, 0.6) is 0 Å². The van der Waals surface area contributed by atoms with Crippen LogP contribution in [0, 0.1) is 5.41 Å². The SMILES string of the molecule is N=C1N=CN(c2ccsc2)CC1F. The Labute approximate surface area is 79.0 Å². The number of nitrogens with zero attached hydrogens (tertiary/aromatic N) is 2. The van der Waals surface area contributed by atoms with Gasteiger partial charge < -0.3 is 4.90 Å². The van der Waals surface area contributed by atoms with Crippen LogP contribution >= 0.6 is 11.3 Å². The van der Waals surface area contributed by atoms with Crippen molar-refractivity contribution in [2.75, 3.05) is 11.4 Å². The highest BCUT2D eigenvalue weighted by molar-refractivity contribution is 7.08. The second kappa shape index (κ2) is 3.26. The number of hydrogen-bond acceptors (Lipinski definition) is 3. The van der Waals surface area contributed by atoms with E-state index in [9.17, 15) is 4.39 Å². The van der Waals surface area contributed by atoms with Crippen molar-refractivity contribution < 1.29 is 4.39 Å². The summed E-state index contributed by atoms with van der Waals surface area (Å²) in [6.07, 6.45) is 0.227. The molecule has 0 saturated carbocycles. The minimum atomic E-state index is -1.27. The van der Waals surface area contributed by atoms with E-state index in [1.54, 1.807) is 16.2 Å². The van der Waals surface area contributed by atoms with Crippen LogP contribution in [0.2, 0.25) is 0 Å². The molecule has 0 aromatic carbocycles. The molecule has 5 heteroatoms. The van der Waals surface area contributed by atoms with Gasteiger partial charge in [-0.1, -0.05) is 0 Å². The van der Waals surface area contributed by atoms with Gasteiger partial charge in [0.25, 0.3) is 0 Å². The summed E-state index contributed by atoms with van der Waals surface area (Å²) in [5, 5.41) is 11.0. The summed E-state index contributed by atoms with van der Waals surface area (Å²) in [4.78, 5) is 5.37. The van der Waals surface area contributed by atoms with E-state index in [0.717, 1.165) is 5.69 Å². The molecule has 2 heterocycles. The number of hydrogen-bond donors (Lipinski definition) is 1. The number of aliphatic imine (C=N–C) groups is 1. The molecule has 1 aromatic heterocycles. The molecule has 1 aromatic rings. The second-order valence-electron chi connectivity index (χ2n) is 2.73. The van der Waals surface area contributed by atoms with Crippen molar-refractivity contribution in [3.05, 3.63) is 16.8 Å². The highest BCUT2D eigenvalue weighted by Gasteiger charge is 2.21. The van der Waals surface area contributed by atoms with Crippen molar-refractivity contribution >= 4 is 29.2 Å². The molecule has 1 unspecified atom stereocenters. The highest BCUT2D eigenvalue weighted by Crippen LogP contribution is 2.19. The number of halogens is 1. The van der Waals surface area contributed by atoms with Crippen LogP contribution in [0.3, 0.4) is 0 Å². The first-order valence-electron chi connectivity index (χ1n) is 3.83. The number of nitrogens with one attached hydrogen (secondary N) is 1. The number of rotatable bonds is 1. The molecule has 0 saturated heterocycles. The van der Waals surface area contributed by atoms with E-state index < -0.39 is 6.17 Å². The monoisotopic (exact) mass is 197 g/mol. The summed E-state index contributed by atoms with van der Waals surface area (Å²) in [7, 11) is 0. The molecular formula is C8H8FN3S. The van der Waals surface area contributed by atoms with Gasteiger partial charge in [-0.05, 0) is 11.4 Å². The zero-order valence-electron chi connectivity index (χ0n) is 6.77. The van der Waals surface area contributed by atoms with Crippen LogP contribution in [-0.2, 0) is 0 Å². The lowest BCUT2D eigenvalue weighted by atomic mass is 10.3. The molecule has 1 atom stereocenters. The van der Waals surface area contributed by atoms with Crippen LogP contribution in [0.4, 0.5) is 10.1 Å². The molecule has 68 valence electrons. The summed E-state index contributed by atoms with van der Waals surface area (Å²) in [5.74, 6) is -0.188. The summed E-state index contributed by atoms with van der Waals surface area (Å²) in [6.45, 7) is 0.194. The fraction of sp³-hybridized carbons (Fsp3) is 0.250. The third-order valence-electron chi connectivity index (χ3n) is 1.83. The second-order valence-corrected chi connectivity index (χ2v) is 3.51. The maximum absolute atomic E-state index is 13.0. The predicted molar refractivity (Wildman–Crippen MR) is 52.8 cm³/mol. The molecule has 2 rings (SSSR count). The molecule has 1 aliphatic rings. The Morgan fingerprint density at radius 2 is 2.54 bits per heavy atom. The lowest BCUT2D eigenvalue weighted by Gasteiger charge is -2.23.